The maximum Gasteiger partial charge on any atom is 0.115 e. The summed E-state index contributed by atoms with van der Waals surface area (Å²) in [7, 11) is 0. The van der Waals surface area contributed by atoms with Gasteiger partial charge in [0.05, 0.1) is 0 Å². The van der Waals surface area contributed by atoms with Crippen molar-refractivity contribution >= 4 is 12.6 Å². The summed E-state index contributed by atoms with van der Waals surface area (Å²) < 4.78 is 0. The smallest absolute Gasteiger partial charge is 0.115 e. The minimum absolute atomic E-state index is 0.0375. The normalized spacial score (nSPS) is 11.7. The molecule has 0 aliphatic heterocycles. The van der Waals surface area contributed by atoms with Crippen LogP contribution in [0.2, 0.25) is 0 Å². The molecule has 0 aliphatic rings. The van der Waals surface area contributed by atoms with Crippen LogP contribution >= 0.6 is 12.6 Å². The molecule has 0 atom stereocenters. The van der Waals surface area contributed by atoms with E-state index in [0.29, 0.717) is 5.75 Å². The van der Waals surface area contributed by atoms with Crippen molar-refractivity contribution in [3.05, 3.63) is 23.8 Å². The molecule has 12 heavy (non-hydrogen) atoms. The molecule has 0 unspecified atom stereocenters. The molecule has 0 aliphatic carbocycles. The molecule has 2 heteroatoms. The predicted molar refractivity (Wildman–Crippen MR) is 54.1 cm³/mol. The van der Waals surface area contributed by atoms with Crippen molar-refractivity contribution in [2.75, 3.05) is 0 Å². The fourth-order valence-corrected chi connectivity index (χ4v) is 1.60. The lowest BCUT2D eigenvalue weighted by Crippen LogP contribution is -2.11. The Kier molecular flexibility index (Phi) is 2.38. The molecule has 66 valence electrons. The Bertz CT molecular complexity index is 286. The molecule has 0 radical (unpaired) electrons. The van der Waals surface area contributed by atoms with E-state index in [4.69, 9.17) is 0 Å². The zero-order chi connectivity index (χ0) is 9.35. The van der Waals surface area contributed by atoms with Crippen molar-refractivity contribution in [3.63, 3.8) is 0 Å². The number of rotatable bonds is 0. The van der Waals surface area contributed by atoms with Gasteiger partial charge in [-0.25, -0.2) is 0 Å². The summed E-state index contributed by atoms with van der Waals surface area (Å²) in [4.78, 5) is 0.931. The second-order valence-electron chi connectivity index (χ2n) is 3.95. The largest absolute Gasteiger partial charge is 0.508 e. The van der Waals surface area contributed by atoms with Gasteiger partial charge in [0.15, 0.2) is 0 Å². The molecule has 1 nitrogen and oxygen atoms in total. The first kappa shape index (κ1) is 9.46. The highest BCUT2D eigenvalue weighted by Gasteiger charge is 2.16. The highest BCUT2D eigenvalue weighted by Crippen LogP contribution is 2.30. The molecule has 0 amide bonds. The van der Waals surface area contributed by atoms with Gasteiger partial charge in [-0.05, 0) is 29.2 Å². The third-order valence-electron chi connectivity index (χ3n) is 1.79. The van der Waals surface area contributed by atoms with Gasteiger partial charge in [-0.1, -0.05) is 20.8 Å². The van der Waals surface area contributed by atoms with Gasteiger partial charge in [-0.3, -0.25) is 0 Å². The number of thiol groups is 1. The Labute approximate surface area is 78.8 Å². The van der Waals surface area contributed by atoms with Gasteiger partial charge in [0.1, 0.15) is 5.75 Å². The Morgan fingerprint density at radius 2 is 1.83 bits per heavy atom. The SMILES string of the molecule is CC(C)(C)c1cc(O)ccc1S. The van der Waals surface area contributed by atoms with Crippen LogP contribution in [0.4, 0.5) is 0 Å². The van der Waals surface area contributed by atoms with E-state index in [0.717, 1.165) is 10.5 Å². The van der Waals surface area contributed by atoms with Crippen LogP contribution in [-0.4, -0.2) is 5.11 Å². The van der Waals surface area contributed by atoms with Crippen molar-refractivity contribution < 1.29 is 5.11 Å². The van der Waals surface area contributed by atoms with Crippen LogP contribution in [0.3, 0.4) is 0 Å². The molecule has 0 spiro atoms. The summed E-state index contributed by atoms with van der Waals surface area (Å²) >= 11 is 4.33. The van der Waals surface area contributed by atoms with E-state index >= 15 is 0 Å². The molecular formula is C10H14OS. The van der Waals surface area contributed by atoms with Crippen LogP contribution in [-0.2, 0) is 5.41 Å². The van der Waals surface area contributed by atoms with Crippen LogP contribution in [0.5, 0.6) is 5.75 Å². The van der Waals surface area contributed by atoms with Crippen molar-refractivity contribution in [2.45, 2.75) is 31.1 Å². The van der Waals surface area contributed by atoms with E-state index in [1.807, 2.05) is 6.07 Å². The number of phenolic OH excluding ortho intramolecular Hbond substituents is 1. The molecule has 0 saturated carbocycles. The summed E-state index contributed by atoms with van der Waals surface area (Å²) in [6.45, 7) is 6.30. The molecule has 0 aromatic heterocycles. The summed E-state index contributed by atoms with van der Waals surface area (Å²) in [5, 5.41) is 9.27. The first-order chi connectivity index (χ1) is 5.41. The zero-order valence-electron chi connectivity index (χ0n) is 7.63. The van der Waals surface area contributed by atoms with Gasteiger partial charge in [-0.2, -0.15) is 0 Å². The van der Waals surface area contributed by atoms with Crippen LogP contribution in [0.15, 0.2) is 23.1 Å². The van der Waals surface area contributed by atoms with Crippen molar-refractivity contribution in [2.24, 2.45) is 0 Å². The molecule has 0 bridgehead atoms. The fraction of sp³-hybridized carbons (Fsp3) is 0.400. The quantitative estimate of drug-likeness (QED) is 0.591. The van der Waals surface area contributed by atoms with E-state index in [1.165, 1.54) is 0 Å². The zero-order valence-corrected chi connectivity index (χ0v) is 8.52. The minimum atomic E-state index is 0.0375. The molecular weight excluding hydrogens is 168 g/mol. The van der Waals surface area contributed by atoms with Gasteiger partial charge in [-0.15, -0.1) is 12.6 Å². The van der Waals surface area contributed by atoms with Crippen LogP contribution < -0.4 is 0 Å². The van der Waals surface area contributed by atoms with Gasteiger partial charge in [0.2, 0.25) is 0 Å². The summed E-state index contributed by atoms with van der Waals surface area (Å²) in [5.41, 5.74) is 1.11. The maximum atomic E-state index is 9.27. The molecule has 0 fully saturated rings. The van der Waals surface area contributed by atoms with E-state index < -0.39 is 0 Å². The van der Waals surface area contributed by atoms with E-state index in [1.54, 1.807) is 12.1 Å². The number of hydrogen-bond acceptors (Lipinski definition) is 2. The summed E-state index contributed by atoms with van der Waals surface area (Å²) in [6, 6.07) is 5.24. The Morgan fingerprint density at radius 3 is 2.25 bits per heavy atom. The lowest BCUT2D eigenvalue weighted by molar-refractivity contribution is 0.469. The topological polar surface area (TPSA) is 20.2 Å². The maximum absolute atomic E-state index is 9.27. The number of aromatic hydroxyl groups is 1. The lowest BCUT2D eigenvalue weighted by atomic mass is 9.87. The fourth-order valence-electron chi connectivity index (χ4n) is 1.12. The first-order valence-corrected chi connectivity index (χ1v) is 4.38. The highest BCUT2D eigenvalue weighted by atomic mass is 32.1. The molecule has 1 aromatic rings. The first-order valence-electron chi connectivity index (χ1n) is 3.94. The highest BCUT2D eigenvalue weighted by molar-refractivity contribution is 7.80. The monoisotopic (exact) mass is 182 g/mol. The van der Waals surface area contributed by atoms with Crippen molar-refractivity contribution in [1.82, 2.24) is 0 Å². The Hall–Kier alpha value is -0.630. The van der Waals surface area contributed by atoms with Gasteiger partial charge in [0.25, 0.3) is 0 Å². The Balaban J connectivity index is 3.23. The van der Waals surface area contributed by atoms with Gasteiger partial charge >= 0.3 is 0 Å². The standard InChI is InChI=1S/C10H14OS/c1-10(2,3)8-6-7(11)4-5-9(8)12/h4-6,11-12H,1-3H3. The molecule has 0 saturated heterocycles. The van der Waals surface area contributed by atoms with Crippen molar-refractivity contribution in [1.29, 1.82) is 0 Å². The van der Waals surface area contributed by atoms with E-state index in [-0.39, 0.29) is 5.41 Å². The third-order valence-corrected chi connectivity index (χ3v) is 2.18. The number of phenols is 1. The average Bonchev–Trinajstić information content (AvgIpc) is 1.92. The number of benzene rings is 1. The lowest BCUT2D eigenvalue weighted by Gasteiger charge is -2.20. The summed E-state index contributed by atoms with van der Waals surface area (Å²) in [6.07, 6.45) is 0. The van der Waals surface area contributed by atoms with E-state index in [9.17, 15) is 5.11 Å². The summed E-state index contributed by atoms with van der Waals surface area (Å²) in [5.74, 6) is 0.303. The Morgan fingerprint density at radius 1 is 1.25 bits per heavy atom. The second kappa shape index (κ2) is 3.02. The third kappa shape index (κ3) is 1.95. The molecule has 1 N–H and O–H groups in total. The van der Waals surface area contributed by atoms with Gasteiger partial charge in [0, 0.05) is 4.90 Å². The molecule has 1 rings (SSSR count). The predicted octanol–water partition coefficient (Wildman–Crippen LogP) is 2.98. The van der Waals surface area contributed by atoms with Gasteiger partial charge < -0.3 is 5.11 Å². The molecule has 1 aromatic carbocycles. The van der Waals surface area contributed by atoms with Crippen LogP contribution in [0.25, 0.3) is 0 Å². The van der Waals surface area contributed by atoms with E-state index in [2.05, 4.69) is 33.4 Å². The minimum Gasteiger partial charge on any atom is -0.508 e. The van der Waals surface area contributed by atoms with Crippen LogP contribution in [0, 0.1) is 0 Å². The second-order valence-corrected chi connectivity index (χ2v) is 4.43. The number of hydrogen-bond donors (Lipinski definition) is 2. The molecule has 0 heterocycles. The van der Waals surface area contributed by atoms with Crippen molar-refractivity contribution in [3.8, 4) is 5.75 Å². The average molecular weight is 182 g/mol. The van der Waals surface area contributed by atoms with Crippen LogP contribution in [0.1, 0.15) is 26.3 Å².